The summed E-state index contributed by atoms with van der Waals surface area (Å²) in [5.74, 6) is 0.950. The molecule has 0 fully saturated rings. The molecule has 1 nitrogen and oxygen atoms in total. The average Bonchev–Trinajstić information content (AvgIpc) is 2.28. The fourth-order valence-corrected chi connectivity index (χ4v) is 2.05. The molecule has 16 heavy (non-hydrogen) atoms. The Morgan fingerprint density at radius 1 is 1.19 bits per heavy atom. The minimum absolute atomic E-state index is 0.301. The van der Waals surface area contributed by atoms with E-state index in [1.807, 2.05) is 24.3 Å². The molecule has 0 saturated carbocycles. The van der Waals surface area contributed by atoms with E-state index in [0.717, 1.165) is 16.6 Å². The van der Waals surface area contributed by atoms with Crippen molar-refractivity contribution in [2.24, 2.45) is 0 Å². The largest absolute Gasteiger partial charge is 0.490 e. The van der Waals surface area contributed by atoms with Gasteiger partial charge in [-0.3, -0.25) is 0 Å². The minimum atomic E-state index is 0.301. The van der Waals surface area contributed by atoms with Crippen molar-refractivity contribution < 1.29 is 4.74 Å². The second kappa shape index (κ2) is 7.72. The predicted molar refractivity (Wildman–Crippen MR) is 73.0 cm³/mol. The van der Waals surface area contributed by atoms with Crippen molar-refractivity contribution in [2.75, 3.05) is 0 Å². The third-order valence-electron chi connectivity index (χ3n) is 2.63. The van der Waals surface area contributed by atoms with Crippen molar-refractivity contribution in [3.8, 4) is 5.75 Å². The van der Waals surface area contributed by atoms with Gasteiger partial charge in [-0.25, -0.2) is 0 Å². The SMILES string of the molecule is CCCCCCC(C)Oc1ccccc1Br. The van der Waals surface area contributed by atoms with Crippen molar-refractivity contribution in [3.63, 3.8) is 0 Å². The lowest BCUT2D eigenvalue weighted by molar-refractivity contribution is 0.205. The summed E-state index contributed by atoms with van der Waals surface area (Å²) in [7, 11) is 0. The van der Waals surface area contributed by atoms with Crippen LogP contribution in [0.3, 0.4) is 0 Å². The summed E-state index contributed by atoms with van der Waals surface area (Å²) in [5.41, 5.74) is 0. The van der Waals surface area contributed by atoms with Crippen LogP contribution in [0.25, 0.3) is 0 Å². The summed E-state index contributed by atoms with van der Waals surface area (Å²) in [6.07, 6.45) is 6.65. The Labute approximate surface area is 107 Å². The molecule has 0 aromatic heterocycles. The Morgan fingerprint density at radius 2 is 1.94 bits per heavy atom. The molecule has 1 unspecified atom stereocenters. The normalized spacial score (nSPS) is 12.4. The highest BCUT2D eigenvalue weighted by atomic mass is 79.9. The molecule has 0 N–H and O–H groups in total. The Balaban J connectivity index is 2.28. The lowest BCUT2D eigenvalue weighted by atomic mass is 10.1. The third-order valence-corrected chi connectivity index (χ3v) is 3.28. The van der Waals surface area contributed by atoms with Crippen LogP contribution in [-0.4, -0.2) is 6.10 Å². The van der Waals surface area contributed by atoms with Crippen LogP contribution >= 0.6 is 15.9 Å². The van der Waals surface area contributed by atoms with Gasteiger partial charge in [0.25, 0.3) is 0 Å². The first-order valence-corrected chi connectivity index (χ1v) is 6.94. The first-order valence-electron chi connectivity index (χ1n) is 6.15. The minimum Gasteiger partial charge on any atom is -0.490 e. The zero-order valence-electron chi connectivity index (χ0n) is 10.2. The van der Waals surface area contributed by atoms with Gasteiger partial charge in [-0.15, -0.1) is 0 Å². The molecule has 1 atom stereocenters. The van der Waals surface area contributed by atoms with Crippen LogP contribution < -0.4 is 4.74 Å². The molecule has 0 amide bonds. The Hall–Kier alpha value is -0.500. The van der Waals surface area contributed by atoms with E-state index in [4.69, 9.17) is 4.74 Å². The van der Waals surface area contributed by atoms with Gasteiger partial charge in [0.15, 0.2) is 0 Å². The predicted octanol–water partition coefficient (Wildman–Crippen LogP) is 5.19. The van der Waals surface area contributed by atoms with Gasteiger partial charge in [0, 0.05) is 0 Å². The number of halogens is 1. The lowest BCUT2D eigenvalue weighted by Gasteiger charge is -2.15. The van der Waals surface area contributed by atoms with Gasteiger partial charge >= 0.3 is 0 Å². The van der Waals surface area contributed by atoms with Crippen LogP contribution in [0.1, 0.15) is 46.0 Å². The second-order valence-corrected chi connectivity index (χ2v) is 5.06. The highest BCUT2D eigenvalue weighted by Crippen LogP contribution is 2.25. The molecule has 1 aromatic carbocycles. The lowest BCUT2D eigenvalue weighted by Crippen LogP contribution is -2.11. The summed E-state index contributed by atoms with van der Waals surface area (Å²) in [5, 5.41) is 0. The molecule has 2 heteroatoms. The highest BCUT2D eigenvalue weighted by molar-refractivity contribution is 9.10. The number of benzene rings is 1. The number of hydrogen-bond donors (Lipinski definition) is 0. The maximum absolute atomic E-state index is 5.88. The van der Waals surface area contributed by atoms with Gasteiger partial charge in [0.05, 0.1) is 10.6 Å². The average molecular weight is 285 g/mol. The molecule has 0 aliphatic carbocycles. The van der Waals surface area contributed by atoms with Gasteiger partial charge in [-0.2, -0.15) is 0 Å². The number of rotatable bonds is 7. The van der Waals surface area contributed by atoms with Crippen LogP contribution in [0.15, 0.2) is 28.7 Å². The topological polar surface area (TPSA) is 9.23 Å². The van der Waals surface area contributed by atoms with E-state index in [1.165, 1.54) is 25.7 Å². The summed E-state index contributed by atoms with van der Waals surface area (Å²) < 4.78 is 6.92. The van der Waals surface area contributed by atoms with Crippen molar-refractivity contribution in [3.05, 3.63) is 28.7 Å². The molecule has 90 valence electrons. The highest BCUT2D eigenvalue weighted by Gasteiger charge is 2.05. The zero-order valence-corrected chi connectivity index (χ0v) is 11.8. The zero-order chi connectivity index (χ0) is 11.8. The molecular weight excluding hydrogens is 264 g/mol. The van der Waals surface area contributed by atoms with Crippen molar-refractivity contribution in [1.82, 2.24) is 0 Å². The number of ether oxygens (including phenoxy) is 1. The molecule has 1 rings (SSSR count). The van der Waals surface area contributed by atoms with Crippen LogP contribution in [0.2, 0.25) is 0 Å². The summed E-state index contributed by atoms with van der Waals surface area (Å²) in [6, 6.07) is 8.03. The van der Waals surface area contributed by atoms with Crippen molar-refractivity contribution in [2.45, 2.75) is 52.1 Å². The van der Waals surface area contributed by atoms with Gasteiger partial charge in [0.2, 0.25) is 0 Å². The molecule has 0 radical (unpaired) electrons. The first-order chi connectivity index (χ1) is 7.74. The van der Waals surface area contributed by atoms with E-state index in [1.54, 1.807) is 0 Å². The Bertz CT molecular complexity index is 299. The molecule has 0 aliphatic heterocycles. The van der Waals surface area contributed by atoms with Gasteiger partial charge in [-0.1, -0.05) is 38.3 Å². The smallest absolute Gasteiger partial charge is 0.133 e. The maximum Gasteiger partial charge on any atom is 0.133 e. The molecule has 0 bridgehead atoms. The van der Waals surface area contributed by atoms with Crippen LogP contribution in [0, 0.1) is 0 Å². The van der Waals surface area contributed by atoms with E-state index in [0.29, 0.717) is 6.10 Å². The van der Waals surface area contributed by atoms with Crippen molar-refractivity contribution in [1.29, 1.82) is 0 Å². The van der Waals surface area contributed by atoms with Gasteiger partial charge in [0.1, 0.15) is 5.75 Å². The summed E-state index contributed by atoms with van der Waals surface area (Å²) in [6.45, 7) is 4.38. The standard InChI is InChI=1S/C14H21BrO/c1-3-4-5-6-9-12(2)16-14-11-8-7-10-13(14)15/h7-8,10-12H,3-6,9H2,1-2H3. The fourth-order valence-electron chi connectivity index (χ4n) is 1.67. The monoisotopic (exact) mass is 284 g/mol. The Morgan fingerprint density at radius 3 is 2.62 bits per heavy atom. The first kappa shape index (κ1) is 13.6. The number of unbranched alkanes of at least 4 members (excludes halogenated alkanes) is 3. The Kier molecular flexibility index (Phi) is 6.55. The van der Waals surface area contributed by atoms with Crippen LogP contribution in [0.4, 0.5) is 0 Å². The summed E-state index contributed by atoms with van der Waals surface area (Å²) in [4.78, 5) is 0. The number of para-hydroxylation sites is 1. The maximum atomic E-state index is 5.88. The van der Waals surface area contributed by atoms with Gasteiger partial charge < -0.3 is 4.74 Å². The molecule has 0 spiro atoms. The summed E-state index contributed by atoms with van der Waals surface area (Å²) >= 11 is 3.49. The third kappa shape index (κ3) is 5.02. The molecule has 0 saturated heterocycles. The second-order valence-electron chi connectivity index (χ2n) is 4.21. The van der Waals surface area contributed by atoms with E-state index >= 15 is 0 Å². The molecule has 1 aromatic rings. The van der Waals surface area contributed by atoms with E-state index < -0.39 is 0 Å². The number of hydrogen-bond acceptors (Lipinski definition) is 1. The quantitative estimate of drug-likeness (QED) is 0.627. The molecule has 0 aliphatic rings. The van der Waals surface area contributed by atoms with Crippen LogP contribution in [-0.2, 0) is 0 Å². The van der Waals surface area contributed by atoms with Gasteiger partial charge in [-0.05, 0) is 47.8 Å². The van der Waals surface area contributed by atoms with Crippen molar-refractivity contribution >= 4 is 15.9 Å². The molecule has 0 heterocycles. The van der Waals surface area contributed by atoms with E-state index in [-0.39, 0.29) is 0 Å². The fraction of sp³-hybridized carbons (Fsp3) is 0.571. The molecular formula is C14H21BrO. The van der Waals surface area contributed by atoms with E-state index in [2.05, 4.69) is 29.8 Å². The van der Waals surface area contributed by atoms with E-state index in [9.17, 15) is 0 Å². The van der Waals surface area contributed by atoms with Crippen LogP contribution in [0.5, 0.6) is 5.75 Å².